The Morgan fingerprint density at radius 3 is 3.16 bits per heavy atom. The molecule has 1 unspecified atom stereocenters. The summed E-state index contributed by atoms with van der Waals surface area (Å²) in [6, 6.07) is 3.94. The molecule has 0 aliphatic carbocycles. The molecule has 0 aromatic carbocycles. The molecular formula is C14H19N3O2. The summed E-state index contributed by atoms with van der Waals surface area (Å²) in [7, 11) is 3.80. The van der Waals surface area contributed by atoms with E-state index in [1.165, 1.54) is 5.69 Å². The number of ether oxygens (including phenoxy) is 1. The van der Waals surface area contributed by atoms with Crippen LogP contribution in [0.5, 0.6) is 0 Å². The first-order valence-electron chi connectivity index (χ1n) is 6.51. The Labute approximate surface area is 112 Å². The summed E-state index contributed by atoms with van der Waals surface area (Å²) >= 11 is 0. The van der Waals surface area contributed by atoms with Crippen LogP contribution in [0, 0.1) is 0 Å². The van der Waals surface area contributed by atoms with Gasteiger partial charge in [-0.05, 0) is 12.1 Å². The van der Waals surface area contributed by atoms with Crippen LogP contribution >= 0.6 is 0 Å². The van der Waals surface area contributed by atoms with E-state index in [1.54, 1.807) is 13.4 Å². The average Bonchev–Trinajstić information content (AvgIpc) is 3.00. The number of rotatable bonds is 4. The lowest BCUT2D eigenvalue weighted by atomic mass is 9.99. The van der Waals surface area contributed by atoms with Gasteiger partial charge in [-0.2, -0.15) is 0 Å². The van der Waals surface area contributed by atoms with Crippen molar-refractivity contribution in [3.63, 3.8) is 0 Å². The van der Waals surface area contributed by atoms with Crippen LogP contribution in [0.2, 0.25) is 0 Å². The smallest absolute Gasteiger partial charge is 0.117 e. The van der Waals surface area contributed by atoms with Crippen LogP contribution in [0.3, 0.4) is 0 Å². The Morgan fingerprint density at radius 1 is 1.53 bits per heavy atom. The third kappa shape index (κ3) is 2.43. The Kier molecular flexibility index (Phi) is 3.40. The number of imidazole rings is 1. The zero-order valence-electron chi connectivity index (χ0n) is 11.4. The summed E-state index contributed by atoms with van der Waals surface area (Å²) < 4.78 is 12.9. The van der Waals surface area contributed by atoms with E-state index in [0.29, 0.717) is 5.92 Å². The van der Waals surface area contributed by atoms with Crippen molar-refractivity contribution in [1.82, 2.24) is 14.5 Å². The molecule has 2 aromatic rings. The van der Waals surface area contributed by atoms with Gasteiger partial charge in [0, 0.05) is 38.9 Å². The van der Waals surface area contributed by atoms with Crippen LogP contribution in [0.25, 0.3) is 0 Å². The maximum atomic E-state index is 5.43. The lowest BCUT2D eigenvalue weighted by molar-refractivity contribution is 0.128. The molecular weight excluding hydrogens is 242 g/mol. The normalized spacial score (nSPS) is 19.6. The third-order valence-electron chi connectivity index (χ3n) is 3.63. The molecule has 0 saturated carbocycles. The molecule has 0 spiro atoms. The lowest BCUT2D eigenvalue weighted by Gasteiger charge is -2.32. The molecule has 19 heavy (non-hydrogen) atoms. The zero-order chi connectivity index (χ0) is 13.2. The molecule has 1 aliphatic heterocycles. The highest BCUT2D eigenvalue weighted by Gasteiger charge is 2.29. The molecule has 102 valence electrons. The third-order valence-corrected chi connectivity index (χ3v) is 3.63. The maximum absolute atomic E-state index is 5.43. The highest BCUT2D eigenvalue weighted by molar-refractivity contribution is 5.22. The average molecular weight is 261 g/mol. The van der Waals surface area contributed by atoms with Gasteiger partial charge in [0.05, 0.1) is 31.4 Å². The number of hydrogen-bond donors (Lipinski definition) is 0. The topological polar surface area (TPSA) is 43.4 Å². The molecule has 5 heteroatoms. The number of methoxy groups -OCH3 is 1. The molecule has 2 aromatic heterocycles. The van der Waals surface area contributed by atoms with Crippen molar-refractivity contribution in [2.45, 2.75) is 19.0 Å². The van der Waals surface area contributed by atoms with Crippen molar-refractivity contribution in [2.24, 2.45) is 7.05 Å². The van der Waals surface area contributed by atoms with Crippen molar-refractivity contribution in [1.29, 1.82) is 0 Å². The molecule has 0 bridgehead atoms. The predicted octanol–water partition coefficient (Wildman–Crippen LogP) is 1.76. The second kappa shape index (κ2) is 5.19. The van der Waals surface area contributed by atoms with Crippen LogP contribution in [-0.2, 0) is 24.9 Å². The van der Waals surface area contributed by atoms with Crippen LogP contribution in [0.4, 0.5) is 0 Å². The molecule has 0 fully saturated rings. The van der Waals surface area contributed by atoms with Crippen molar-refractivity contribution in [3.8, 4) is 0 Å². The SMILES string of the molecule is COCC1CN(Cc2ccco2)Cc2ncn(C)c21. The van der Waals surface area contributed by atoms with Gasteiger partial charge in [0.25, 0.3) is 0 Å². The molecule has 0 saturated heterocycles. The lowest BCUT2D eigenvalue weighted by Crippen LogP contribution is -2.35. The summed E-state index contributed by atoms with van der Waals surface area (Å²) in [5.74, 6) is 1.37. The van der Waals surface area contributed by atoms with Crippen molar-refractivity contribution >= 4 is 0 Å². The fourth-order valence-electron chi connectivity index (χ4n) is 2.88. The van der Waals surface area contributed by atoms with E-state index in [-0.39, 0.29) is 0 Å². The van der Waals surface area contributed by atoms with E-state index in [9.17, 15) is 0 Å². The number of aromatic nitrogens is 2. The molecule has 1 atom stereocenters. The number of hydrogen-bond acceptors (Lipinski definition) is 4. The maximum Gasteiger partial charge on any atom is 0.117 e. The summed E-state index contributed by atoms with van der Waals surface area (Å²) in [6.45, 7) is 3.39. The van der Waals surface area contributed by atoms with Crippen LogP contribution in [0.15, 0.2) is 29.1 Å². The van der Waals surface area contributed by atoms with Gasteiger partial charge in [-0.3, -0.25) is 4.90 Å². The van der Waals surface area contributed by atoms with Crippen LogP contribution in [-0.4, -0.2) is 34.7 Å². The van der Waals surface area contributed by atoms with E-state index in [1.807, 2.05) is 18.5 Å². The molecule has 3 heterocycles. The molecule has 1 aliphatic rings. The number of aryl methyl sites for hydroxylation is 1. The number of furan rings is 1. The van der Waals surface area contributed by atoms with Gasteiger partial charge in [-0.25, -0.2) is 4.98 Å². The second-order valence-corrected chi connectivity index (χ2v) is 5.09. The second-order valence-electron chi connectivity index (χ2n) is 5.09. The highest BCUT2D eigenvalue weighted by Crippen LogP contribution is 2.28. The minimum Gasteiger partial charge on any atom is -0.468 e. The largest absolute Gasteiger partial charge is 0.468 e. The van der Waals surface area contributed by atoms with Gasteiger partial charge in [-0.15, -0.1) is 0 Å². The zero-order valence-corrected chi connectivity index (χ0v) is 11.4. The fourth-order valence-corrected chi connectivity index (χ4v) is 2.88. The van der Waals surface area contributed by atoms with Gasteiger partial charge < -0.3 is 13.7 Å². The number of fused-ring (bicyclic) bond motifs is 1. The van der Waals surface area contributed by atoms with Gasteiger partial charge in [0.2, 0.25) is 0 Å². The van der Waals surface area contributed by atoms with Crippen LogP contribution < -0.4 is 0 Å². The first-order chi connectivity index (χ1) is 9.28. The minimum absolute atomic E-state index is 0.371. The van der Waals surface area contributed by atoms with Gasteiger partial charge >= 0.3 is 0 Å². The Balaban J connectivity index is 1.80. The Morgan fingerprint density at radius 2 is 2.42 bits per heavy atom. The first kappa shape index (κ1) is 12.4. The number of nitrogens with zero attached hydrogens (tertiary/aromatic N) is 3. The quantitative estimate of drug-likeness (QED) is 0.841. The predicted molar refractivity (Wildman–Crippen MR) is 70.6 cm³/mol. The highest BCUT2D eigenvalue weighted by atomic mass is 16.5. The van der Waals surface area contributed by atoms with Gasteiger partial charge in [0.15, 0.2) is 0 Å². The fraction of sp³-hybridized carbons (Fsp3) is 0.500. The van der Waals surface area contributed by atoms with E-state index >= 15 is 0 Å². The van der Waals surface area contributed by atoms with Crippen molar-refractivity contribution < 1.29 is 9.15 Å². The molecule has 0 radical (unpaired) electrons. The standard InChI is InChI=1S/C14H19N3O2/c1-16-10-15-13-8-17(7-12-4-3-5-19-12)6-11(9-18-2)14(13)16/h3-5,10-11H,6-9H2,1-2H3. The van der Waals surface area contributed by atoms with Crippen molar-refractivity contribution in [3.05, 3.63) is 41.9 Å². The van der Waals surface area contributed by atoms with Gasteiger partial charge in [-0.1, -0.05) is 0 Å². The summed E-state index contributed by atoms with van der Waals surface area (Å²) in [5.41, 5.74) is 2.46. The minimum atomic E-state index is 0.371. The van der Waals surface area contributed by atoms with E-state index in [4.69, 9.17) is 9.15 Å². The van der Waals surface area contributed by atoms with E-state index < -0.39 is 0 Å². The van der Waals surface area contributed by atoms with Crippen LogP contribution in [0.1, 0.15) is 23.1 Å². The van der Waals surface area contributed by atoms with Crippen molar-refractivity contribution in [2.75, 3.05) is 20.3 Å². The molecule has 0 N–H and O–H groups in total. The summed E-state index contributed by atoms with van der Waals surface area (Å²) in [5, 5.41) is 0. The Hall–Kier alpha value is -1.59. The van der Waals surface area contributed by atoms with Gasteiger partial charge in [0.1, 0.15) is 5.76 Å². The first-order valence-corrected chi connectivity index (χ1v) is 6.51. The molecule has 5 nitrogen and oxygen atoms in total. The molecule has 0 amide bonds. The Bertz CT molecular complexity index is 533. The monoisotopic (exact) mass is 261 g/mol. The van der Waals surface area contributed by atoms with E-state index in [0.717, 1.165) is 37.7 Å². The summed E-state index contributed by atoms with van der Waals surface area (Å²) in [6.07, 6.45) is 3.61. The summed E-state index contributed by atoms with van der Waals surface area (Å²) in [4.78, 5) is 6.86. The van der Waals surface area contributed by atoms with E-state index in [2.05, 4.69) is 21.5 Å². The molecule has 3 rings (SSSR count).